The van der Waals surface area contributed by atoms with Crippen molar-refractivity contribution in [3.05, 3.63) is 66.0 Å². The van der Waals surface area contributed by atoms with E-state index in [1.807, 2.05) is 0 Å². The summed E-state index contributed by atoms with van der Waals surface area (Å²) in [7, 11) is -1.70. The van der Waals surface area contributed by atoms with Crippen molar-refractivity contribution in [3.8, 4) is 5.69 Å². The number of para-hydroxylation sites is 1. The fourth-order valence-corrected chi connectivity index (χ4v) is 3.70. The van der Waals surface area contributed by atoms with Crippen LogP contribution >= 0.6 is 0 Å². The van der Waals surface area contributed by atoms with Gasteiger partial charge in [0, 0.05) is 19.4 Å². The van der Waals surface area contributed by atoms with Crippen molar-refractivity contribution in [2.75, 3.05) is 0 Å². The third-order valence-electron chi connectivity index (χ3n) is 3.40. The fourth-order valence-electron chi connectivity index (χ4n) is 2.25. The Balaban J connectivity index is 1.79. The Morgan fingerprint density at radius 3 is 2.61 bits per heavy atom. The molecule has 0 amide bonds. The zero-order valence-electron chi connectivity index (χ0n) is 12.4. The third kappa shape index (κ3) is 3.48. The standard InChI is InChI=1S/C15H15FN4O2S/c1-19-13(6-8-17-19)11-23(21,22)10-12-7-9-20(18-12)15-5-3-2-4-14(15)16/h2-9H,10-11H2,1H3. The van der Waals surface area contributed by atoms with E-state index in [-0.39, 0.29) is 17.2 Å². The van der Waals surface area contributed by atoms with Gasteiger partial charge in [0.05, 0.1) is 22.9 Å². The Bertz CT molecular complexity index is 930. The van der Waals surface area contributed by atoms with Crippen LogP contribution in [0.25, 0.3) is 5.69 Å². The lowest BCUT2D eigenvalue weighted by Crippen LogP contribution is -2.11. The molecule has 0 saturated carbocycles. The molecular weight excluding hydrogens is 319 g/mol. The van der Waals surface area contributed by atoms with Gasteiger partial charge in [-0.05, 0) is 24.3 Å². The van der Waals surface area contributed by atoms with E-state index in [9.17, 15) is 12.8 Å². The molecule has 23 heavy (non-hydrogen) atoms. The average Bonchev–Trinajstić information content (AvgIpc) is 3.09. The van der Waals surface area contributed by atoms with E-state index in [4.69, 9.17) is 0 Å². The van der Waals surface area contributed by atoms with Crippen molar-refractivity contribution in [1.82, 2.24) is 19.6 Å². The van der Waals surface area contributed by atoms with E-state index in [0.29, 0.717) is 11.4 Å². The lowest BCUT2D eigenvalue weighted by molar-refractivity contribution is 0.589. The molecule has 3 rings (SSSR count). The molecule has 0 saturated heterocycles. The van der Waals surface area contributed by atoms with Crippen LogP contribution in [0.2, 0.25) is 0 Å². The van der Waals surface area contributed by atoms with Gasteiger partial charge in [-0.25, -0.2) is 17.5 Å². The van der Waals surface area contributed by atoms with Crippen LogP contribution in [0.1, 0.15) is 11.4 Å². The normalized spacial score (nSPS) is 11.7. The molecule has 0 aliphatic rings. The topological polar surface area (TPSA) is 69.8 Å². The van der Waals surface area contributed by atoms with E-state index >= 15 is 0 Å². The molecule has 2 heterocycles. The van der Waals surface area contributed by atoms with Crippen molar-refractivity contribution >= 4 is 9.84 Å². The van der Waals surface area contributed by atoms with Crippen LogP contribution < -0.4 is 0 Å². The van der Waals surface area contributed by atoms with Crippen molar-refractivity contribution in [2.45, 2.75) is 11.5 Å². The predicted octanol–water partition coefficient (Wildman–Crippen LogP) is 1.86. The highest BCUT2D eigenvalue weighted by atomic mass is 32.2. The van der Waals surface area contributed by atoms with E-state index < -0.39 is 15.7 Å². The van der Waals surface area contributed by atoms with Gasteiger partial charge in [0.15, 0.2) is 9.84 Å². The first-order valence-corrected chi connectivity index (χ1v) is 8.73. The van der Waals surface area contributed by atoms with E-state index in [1.165, 1.54) is 15.4 Å². The fraction of sp³-hybridized carbons (Fsp3) is 0.200. The first kappa shape index (κ1) is 15.4. The van der Waals surface area contributed by atoms with Gasteiger partial charge in [0.25, 0.3) is 0 Å². The van der Waals surface area contributed by atoms with Crippen molar-refractivity contribution in [1.29, 1.82) is 0 Å². The minimum atomic E-state index is -3.39. The maximum Gasteiger partial charge on any atom is 0.161 e. The molecule has 6 nitrogen and oxygen atoms in total. The first-order valence-electron chi connectivity index (χ1n) is 6.91. The highest BCUT2D eigenvalue weighted by Crippen LogP contribution is 2.15. The van der Waals surface area contributed by atoms with Gasteiger partial charge >= 0.3 is 0 Å². The van der Waals surface area contributed by atoms with Gasteiger partial charge in [0.1, 0.15) is 11.5 Å². The minimum absolute atomic E-state index is 0.115. The molecule has 120 valence electrons. The predicted molar refractivity (Wildman–Crippen MR) is 83.1 cm³/mol. The molecule has 8 heteroatoms. The summed E-state index contributed by atoms with van der Waals surface area (Å²) < 4.78 is 41.1. The Hall–Kier alpha value is -2.48. The Morgan fingerprint density at radius 1 is 1.13 bits per heavy atom. The summed E-state index contributed by atoms with van der Waals surface area (Å²) in [5.74, 6) is -0.740. The third-order valence-corrected chi connectivity index (χ3v) is 4.87. The largest absolute Gasteiger partial charge is 0.272 e. The quantitative estimate of drug-likeness (QED) is 0.714. The van der Waals surface area contributed by atoms with E-state index in [2.05, 4.69) is 10.2 Å². The van der Waals surface area contributed by atoms with Crippen LogP contribution in [0.15, 0.2) is 48.8 Å². The highest BCUT2D eigenvalue weighted by Gasteiger charge is 2.17. The van der Waals surface area contributed by atoms with Crippen molar-refractivity contribution < 1.29 is 12.8 Å². The van der Waals surface area contributed by atoms with Gasteiger partial charge in [-0.1, -0.05) is 12.1 Å². The smallest absolute Gasteiger partial charge is 0.161 e. The summed E-state index contributed by atoms with van der Waals surface area (Å²) in [4.78, 5) is 0. The van der Waals surface area contributed by atoms with Crippen LogP contribution in [-0.2, 0) is 28.4 Å². The number of aryl methyl sites for hydroxylation is 1. The molecule has 0 unspecified atom stereocenters. The number of aromatic nitrogens is 4. The molecule has 1 aromatic carbocycles. The number of hydrogen-bond acceptors (Lipinski definition) is 4. The summed E-state index contributed by atoms with van der Waals surface area (Å²) >= 11 is 0. The van der Waals surface area contributed by atoms with Gasteiger partial charge < -0.3 is 0 Å². The zero-order valence-corrected chi connectivity index (χ0v) is 13.2. The number of rotatable bonds is 5. The molecule has 2 aromatic heterocycles. The van der Waals surface area contributed by atoms with Crippen LogP contribution in [0.5, 0.6) is 0 Å². The average molecular weight is 334 g/mol. The zero-order chi connectivity index (χ0) is 16.4. The SMILES string of the molecule is Cn1nccc1CS(=O)(=O)Cc1ccn(-c2ccccc2F)n1. The van der Waals surface area contributed by atoms with Gasteiger partial charge in [-0.3, -0.25) is 4.68 Å². The molecule has 0 fully saturated rings. The number of halogens is 1. The summed E-state index contributed by atoms with van der Waals surface area (Å²) in [6, 6.07) is 9.43. The second-order valence-corrected chi connectivity index (χ2v) is 7.25. The lowest BCUT2D eigenvalue weighted by Gasteiger charge is -2.04. The molecule has 0 atom stereocenters. The van der Waals surface area contributed by atoms with Crippen molar-refractivity contribution in [2.24, 2.45) is 7.05 Å². The van der Waals surface area contributed by atoms with Gasteiger partial charge in [0.2, 0.25) is 0 Å². The molecule has 0 bridgehead atoms. The molecule has 0 aliphatic carbocycles. The number of sulfone groups is 1. The lowest BCUT2D eigenvalue weighted by atomic mass is 10.3. The monoisotopic (exact) mass is 334 g/mol. The number of benzene rings is 1. The Kier molecular flexibility index (Phi) is 3.99. The van der Waals surface area contributed by atoms with Gasteiger partial charge in [-0.15, -0.1) is 0 Å². The Labute approximate surface area is 133 Å². The minimum Gasteiger partial charge on any atom is -0.272 e. The van der Waals surface area contributed by atoms with E-state index in [1.54, 1.807) is 49.8 Å². The first-order chi connectivity index (χ1) is 10.9. The second kappa shape index (κ2) is 5.96. The van der Waals surface area contributed by atoms with Crippen LogP contribution in [0, 0.1) is 5.82 Å². The summed E-state index contributed by atoms with van der Waals surface area (Å²) in [5.41, 5.74) is 1.26. The van der Waals surface area contributed by atoms with Gasteiger partial charge in [-0.2, -0.15) is 10.2 Å². The Morgan fingerprint density at radius 2 is 1.91 bits per heavy atom. The van der Waals surface area contributed by atoms with E-state index in [0.717, 1.165) is 0 Å². The summed E-state index contributed by atoms with van der Waals surface area (Å²) in [6.45, 7) is 0. The maximum atomic E-state index is 13.7. The molecule has 0 N–H and O–H groups in total. The molecule has 0 spiro atoms. The molecule has 0 radical (unpaired) electrons. The summed E-state index contributed by atoms with van der Waals surface area (Å²) in [6.07, 6.45) is 3.10. The maximum absolute atomic E-state index is 13.7. The number of nitrogens with zero attached hydrogens (tertiary/aromatic N) is 4. The molecule has 0 aliphatic heterocycles. The van der Waals surface area contributed by atoms with Crippen LogP contribution in [0.3, 0.4) is 0 Å². The highest BCUT2D eigenvalue weighted by molar-refractivity contribution is 7.89. The second-order valence-electron chi connectivity index (χ2n) is 5.18. The molecular formula is C15H15FN4O2S. The van der Waals surface area contributed by atoms with Crippen LogP contribution in [-0.4, -0.2) is 28.0 Å². The van der Waals surface area contributed by atoms with Crippen molar-refractivity contribution in [3.63, 3.8) is 0 Å². The number of hydrogen-bond donors (Lipinski definition) is 0. The van der Waals surface area contributed by atoms with Crippen LogP contribution in [0.4, 0.5) is 4.39 Å². The summed E-state index contributed by atoms with van der Waals surface area (Å²) in [5, 5.41) is 8.11. The molecule has 3 aromatic rings.